The third-order valence-corrected chi connectivity index (χ3v) is 26.4. The Kier molecular flexibility index (Phi) is 78.8. The van der Waals surface area contributed by atoms with E-state index in [-0.39, 0.29) is 254 Å². The second-order valence-corrected chi connectivity index (χ2v) is 44.0. The zero-order chi connectivity index (χ0) is 108. The Balaban J connectivity index is -0.000000417. The first-order valence-electron chi connectivity index (χ1n) is 44.8. The van der Waals surface area contributed by atoms with E-state index in [9.17, 15) is 70.4 Å². The zero-order valence-electron chi connectivity index (χ0n) is 89.2. The number of carbonyl (C=O) groups is 6. The van der Waals surface area contributed by atoms with Crippen LogP contribution in [0.4, 0.5) is 17.6 Å². The molecule has 146 heavy (non-hydrogen) atoms. The molecule has 0 saturated heterocycles. The van der Waals surface area contributed by atoms with Crippen LogP contribution in [0.15, 0.2) is 288 Å². The molecule has 0 heterocycles. The Morgan fingerprint density at radius 1 is 0.342 bits per heavy atom. The molecular formula is C104H136Br2F4K4N2O26S4. The minimum Gasteiger partial charge on any atom is -1.00 e. The minimum atomic E-state index is -4.21. The van der Waals surface area contributed by atoms with Gasteiger partial charge in [0.2, 0.25) is 20.0 Å². The van der Waals surface area contributed by atoms with Crippen molar-refractivity contribution in [3.8, 4) is 23.0 Å². The van der Waals surface area contributed by atoms with Gasteiger partial charge in [-0.15, -0.1) is 0 Å². The van der Waals surface area contributed by atoms with E-state index in [0.29, 0.717) is 60.6 Å². The summed E-state index contributed by atoms with van der Waals surface area (Å²) in [5, 5.41) is 18.8. The molecule has 0 amide bonds. The van der Waals surface area contributed by atoms with Crippen molar-refractivity contribution in [3.63, 3.8) is 0 Å². The summed E-state index contributed by atoms with van der Waals surface area (Å²) >= 11 is 6.71. The topological polar surface area (TPSA) is 384 Å². The van der Waals surface area contributed by atoms with Crippen LogP contribution in [0.1, 0.15) is 187 Å². The number of hydrogen-bond acceptors (Lipinski definition) is 26. The standard InChI is InChI=1S/2C25H32FNO5S.2C19H27FO5S.2C7H7Br.2CH2O3.4K.2H/c2*1-6-16-31-21-12-14-22(15-13-21)33(29,30)27(18-20-10-8-7-9-11-20)23(17-19(2)26)24(28)32-25(3,4)5;2*1-6-11-24-16-7-9-17(10-8-16)26(22,23)13-15(12-14(2)20)18(21)25-19(3,4)5;2*8-6-7-4-2-1-3-5-7;2*2-1-4-3;;;;;;/h2*7-15,23H,2,6,16-18H2,1,3-5H3;2*7-10,15H,2,6,11-13H2,1,3-5H3;2*1-5H,6H2;2*1,3H;;;;;;/q;;;;;;;;4*+1;2*-1/p-2/t2*23-;2*15-;;;;;;;;;;/m1010........../s1. The van der Waals surface area contributed by atoms with Gasteiger partial charge < -0.3 is 61.0 Å². The first kappa shape index (κ1) is 148. The third-order valence-electron chi connectivity index (χ3n) is 17.7. The van der Waals surface area contributed by atoms with Gasteiger partial charge in [0.05, 0.1) is 92.7 Å². The Bertz CT molecular complexity index is 5280. The van der Waals surface area contributed by atoms with Crippen LogP contribution < -0.4 is 235 Å². The summed E-state index contributed by atoms with van der Waals surface area (Å²) in [4.78, 5) is 73.1. The summed E-state index contributed by atoms with van der Waals surface area (Å²) in [5.74, 6) is -7.61. The molecule has 0 aliphatic heterocycles. The first-order valence-corrected chi connectivity index (χ1v) is 53.3. The first-order chi connectivity index (χ1) is 66.4. The van der Waals surface area contributed by atoms with Crippen molar-refractivity contribution in [1.82, 2.24) is 8.61 Å². The van der Waals surface area contributed by atoms with Crippen LogP contribution in [-0.4, -0.2) is 152 Å². The quantitative estimate of drug-likeness (QED) is 0.00502. The van der Waals surface area contributed by atoms with Crippen molar-refractivity contribution in [2.24, 2.45) is 11.8 Å². The molecule has 0 N–H and O–H groups in total. The average molecular weight is 2350 g/mol. The summed E-state index contributed by atoms with van der Waals surface area (Å²) in [6.07, 6.45) is 1.48. The van der Waals surface area contributed by atoms with Gasteiger partial charge in [-0.3, -0.25) is 28.8 Å². The van der Waals surface area contributed by atoms with Gasteiger partial charge in [-0.1, -0.05) is 207 Å². The van der Waals surface area contributed by atoms with Crippen LogP contribution in [0.2, 0.25) is 0 Å². The maximum Gasteiger partial charge on any atom is 1.00 e. The number of allylic oxidation sites excluding steroid dienone is 2. The Hall–Kier alpha value is -4.39. The molecule has 0 bridgehead atoms. The largest absolute Gasteiger partial charge is 1.00 e. The fourth-order valence-electron chi connectivity index (χ4n) is 11.7. The molecule has 788 valence electrons. The van der Waals surface area contributed by atoms with Crippen molar-refractivity contribution >= 4 is 108 Å². The van der Waals surface area contributed by atoms with Gasteiger partial charge in [0.1, 0.15) is 57.5 Å². The van der Waals surface area contributed by atoms with Gasteiger partial charge >= 0.3 is 229 Å². The van der Waals surface area contributed by atoms with Crippen LogP contribution in [0, 0.1) is 11.8 Å². The van der Waals surface area contributed by atoms with Crippen molar-refractivity contribution in [2.75, 3.05) is 37.9 Å². The Morgan fingerprint density at radius 2 is 0.541 bits per heavy atom. The van der Waals surface area contributed by atoms with Crippen molar-refractivity contribution in [3.05, 3.63) is 290 Å². The number of carbonyl (C=O) groups excluding carboxylic acids is 6. The molecule has 0 aliphatic rings. The smallest absolute Gasteiger partial charge is 1.00 e. The number of ether oxygens (including phenoxy) is 8. The van der Waals surface area contributed by atoms with Gasteiger partial charge in [0.15, 0.2) is 19.7 Å². The molecule has 8 aromatic rings. The van der Waals surface area contributed by atoms with E-state index in [4.69, 9.17) is 58.0 Å². The second-order valence-electron chi connectivity index (χ2n) is 35.0. The maximum atomic E-state index is 14.0. The Labute approximate surface area is 1050 Å². The van der Waals surface area contributed by atoms with Gasteiger partial charge in [-0.25, -0.2) is 51.2 Å². The van der Waals surface area contributed by atoms with Crippen LogP contribution in [0.3, 0.4) is 0 Å². The molecule has 0 aromatic heterocycles. The number of alkyl halides is 2. The van der Waals surface area contributed by atoms with E-state index in [1.165, 1.54) is 59.7 Å². The van der Waals surface area contributed by atoms with Crippen molar-refractivity contribution in [1.29, 1.82) is 0 Å². The zero-order valence-corrected chi connectivity index (χ0v) is 106. The predicted molar refractivity (Wildman–Crippen MR) is 543 cm³/mol. The number of halogens is 6. The molecule has 28 nitrogen and oxygen atoms in total. The van der Waals surface area contributed by atoms with E-state index in [2.05, 4.69) is 92.2 Å². The van der Waals surface area contributed by atoms with E-state index in [0.717, 1.165) is 45.0 Å². The predicted octanol–water partition coefficient (Wildman–Crippen LogP) is 8.93. The van der Waals surface area contributed by atoms with Gasteiger partial charge in [-0.2, -0.15) is 8.61 Å². The molecule has 8 aromatic carbocycles. The molecule has 0 aliphatic carbocycles. The molecule has 0 saturated carbocycles. The van der Waals surface area contributed by atoms with E-state index in [1.807, 2.05) is 64.1 Å². The van der Waals surface area contributed by atoms with E-state index < -0.39 is 170 Å². The fraction of sp³-hybridized carbons (Fsp3) is 0.404. The fourth-order valence-corrected chi connectivity index (χ4v) is 18.6. The van der Waals surface area contributed by atoms with Crippen LogP contribution in [0.25, 0.3) is 0 Å². The number of rotatable bonds is 44. The van der Waals surface area contributed by atoms with Crippen molar-refractivity contribution in [2.45, 2.75) is 240 Å². The average Bonchev–Trinajstić information content (AvgIpc) is 0.782. The number of sulfone groups is 2. The van der Waals surface area contributed by atoms with Crippen LogP contribution >= 0.6 is 31.9 Å². The summed E-state index contributed by atoms with van der Waals surface area (Å²) in [7, 11) is -16.0. The maximum absolute atomic E-state index is 14.0. The molecule has 0 spiro atoms. The normalized spacial score (nSPS) is 11.8. The number of nitrogens with zero attached hydrogens (tertiary/aromatic N) is 2. The third kappa shape index (κ3) is 64.7. The van der Waals surface area contributed by atoms with Crippen LogP contribution in [-0.2, 0) is 121 Å². The molecule has 0 unspecified atom stereocenters. The molecular weight excluding hydrogens is 2210 g/mol. The summed E-state index contributed by atoms with van der Waals surface area (Å²) in [5.41, 5.74) is 0.578. The SMILES string of the molecule is BrCc1ccccc1.BrCc1ccccc1.C=C(F)C[C@@H](C(=O)OC(C)(C)C)N(Cc1ccccc1)S(=O)(=O)c1ccc(OCCC)cc1.C=C(F)C[C@@H](CS(=O)(=O)c1ccc(OCCC)cc1)C(=O)OC(C)(C)C.C=C(F)C[C@H](C(=O)OC(C)(C)C)N(Cc1ccccc1)S(=O)(=O)c1ccc(OCCC)cc1.C=C(F)C[C@H](CS(=O)(=O)c1ccc(OCCC)cc1)C(=O)OC(C)(C)C.O=CO[O-].O=CO[O-].[H-].[H-].[K+].[K+].[K+].[K+]. The minimum absolute atomic E-state index is 0. The molecule has 4 atom stereocenters. The number of hydrogen-bond donors (Lipinski definition) is 0. The van der Waals surface area contributed by atoms with Crippen molar-refractivity contribution < 1.29 is 347 Å². The number of benzene rings is 8. The summed E-state index contributed by atoms with van der Waals surface area (Å²) < 4.78 is 205. The number of sulfonamides is 2. The van der Waals surface area contributed by atoms with Gasteiger partial charge in [0, 0.05) is 49.4 Å². The van der Waals surface area contributed by atoms with Gasteiger partial charge in [0.25, 0.3) is 12.9 Å². The monoisotopic (exact) mass is 2350 g/mol. The van der Waals surface area contributed by atoms with E-state index >= 15 is 0 Å². The molecule has 0 fully saturated rings. The summed E-state index contributed by atoms with van der Waals surface area (Å²) in [6.45, 7) is 42.0. The number of esters is 4. The van der Waals surface area contributed by atoms with Crippen LogP contribution in [0.5, 0.6) is 23.0 Å². The van der Waals surface area contributed by atoms with E-state index in [1.54, 1.807) is 192 Å². The Morgan fingerprint density at radius 3 is 0.719 bits per heavy atom. The molecule has 42 heteroatoms. The summed E-state index contributed by atoms with van der Waals surface area (Å²) in [6, 6.07) is 59.0. The molecule has 0 radical (unpaired) electrons. The van der Waals surface area contributed by atoms with Gasteiger partial charge in [-0.05, 0) is 228 Å². The molecule has 8 rings (SSSR count). The second kappa shape index (κ2) is 77.9.